The fourth-order valence-electron chi connectivity index (χ4n) is 3.40. The summed E-state index contributed by atoms with van der Waals surface area (Å²) in [7, 11) is 0. The van der Waals surface area contributed by atoms with E-state index in [0.717, 1.165) is 18.6 Å². The number of likely N-dealkylation sites (tertiary alicyclic amines) is 1. The average Bonchev–Trinajstić information content (AvgIpc) is 2.74. The molecular weight excluding hydrogens is 423 g/mol. The highest BCUT2D eigenvalue weighted by Crippen LogP contribution is 2.24. The van der Waals surface area contributed by atoms with Crippen molar-refractivity contribution in [2.24, 2.45) is 0 Å². The summed E-state index contributed by atoms with van der Waals surface area (Å²) in [6.45, 7) is 3.73. The van der Waals surface area contributed by atoms with E-state index in [1.54, 1.807) is 23.1 Å². The molecule has 0 spiro atoms. The molecule has 1 aliphatic heterocycles. The Bertz CT molecular complexity index is 879. The van der Waals surface area contributed by atoms with E-state index in [2.05, 4.69) is 5.32 Å². The second-order valence-electron chi connectivity index (χ2n) is 7.53. The summed E-state index contributed by atoms with van der Waals surface area (Å²) >= 11 is 11.9. The highest BCUT2D eigenvalue weighted by atomic mass is 35.5. The molecule has 1 heterocycles. The molecule has 5 nitrogen and oxygen atoms in total. The monoisotopic (exact) mass is 448 g/mol. The Labute approximate surface area is 187 Å². The van der Waals surface area contributed by atoms with Crippen LogP contribution in [-0.4, -0.2) is 42.5 Å². The first-order valence-electron chi connectivity index (χ1n) is 10.2. The predicted molar refractivity (Wildman–Crippen MR) is 119 cm³/mol. The van der Waals surface area contributed by atoms with Crippen LogP contribution in [0.4, 0.5) is 0 Å². The largest absolute Gasteiger partial charge is 0.494 e. The topological polar surface area (TPSA) is 58.6 Å². The first-order valence-corrected chi connectivity index (χ1v) is 10.9. The van der Waals surface area contributed by atoms with Gasteiger partial charge < -0.3 is 15.0 Å². The fraction of sp³-hybridized carbons (Fsp3) is 0.391. The number of piperidine rings is 1. The number of carbonyl (C=O) groups excluding carboxylic acids is 2. The molecule has 7 heteroatoms. The van der Waals surface area contributed by atoms with Crippen molar-refractivity contribution in [2.75, 3.05) is 19.7 Å². The van der Waals surface area contributed by atoms with Crippen molar-refractivity contribution in [3.8, 4) is 5.75 Å². The number of hydrogen-bond acceptors (Lipinski definition) is 3. The standard InChI is InChI=1S/C23H26Cl2N2O3/c1-16-4-7-19(8-5-16)30-14-2-3-22(28)26-18-10-12-27(13-11-18)23(29)17-6-9-20(24)21(25)15-17/h4-9,15,18H,2-3,10-14H2,1H3,(H,26,28). The molecule has 0 saturated carbocycles. The van der Waals surface area contributed by atoms with Crippen LogP contribution in [0.25, 0.3) is 0 Å². The summed E-state index contributed by atoms with van der Waals surface area (Å²) in [5.74, 6) is 0.781. The number of hydrogen-bond donors (Lipinski definition) is 1. The molecule has 0 unspecified atom stereocenters. The van der Waals surface area contributed by atoms with Crippen LogP contribution in [0.2, 0.25) is 10.0 Å². The summed E-state index contributed by atoms with van der Waals surface area (Å²) in [4.78, 5) is 26.6. The van der Waals surface area contributed by atoms with Gasteiger partial charge in [0, 0.05) is 31.1 Å². The second kappa shape index (κ2) is 10.7. The minimum Gasteiger partial charge on any atom is -0.494 e. The Morgan fingerprint density at radius 1 is 1.07 bits per heavy atom. The van der Waals surface area contributed by atoms with Crippen LogP contribution in [0.1, 0.15) is 41.6 Å². The van der Waals surface area contributed by atoms with Gasteiger partial charge >= 0.3 is 0 Å². The quantitative estimate of drug-likeness (QED) is 0.613. The number of nitrogens with one attached hydrogen (secondary N) is 1. The van der Waals surface area contributed by atoms with Crippen LogP contribution in [0.15, 0.2) is 42.5 Å². The second-order valence-corrected chi connectivity index (χ2v) is 8.34. The Hall–Kier alpha value is -2.24. The fourth-order valence-corrected chi connectivity index (χ4v) is 3.69. The zero-order valence-corrected chi connectivity index (χ0v) is 18.5. The van der Waals surface area contributed by atoms with E-state index in [0.29, 0.717) is 48.1 Å². The molecule has 0 bridgehead atoms. The molecule has 0 aromatic heterocycles. The van der Waals surface area contributed by atoms with Crippen LogP contribution < -0.4 is 10.1 Å². The lowest BCUT2D eigenvalue weighted by Gasteiger charge is -2.32. The summed E-state index contributed by atoms with van der Waals surface area (Å²) < 4.78 is 5.66. The van der Waals surface area contributed by atoms with Crippen LogP contribution in [-0.2, 0) is 4.79 Å². The van der Waals surface area contributed by atoms with Gasteiger partial charge in [-0.25, -0.2) is 0 Å². The van der Waals surface area contributed by atoms with E-state index in [9.17, 15) is 9.59 Å². The molecule has 0 radical (unpaired) electrons. The number of benzene rings is 2. The molecule has 1 fully saturated rings. The molecule has 3 rings (SSSR count). The third-order valence-electron chi connectivity index (χ3n) is 5.15. The van der Waals surface area contributed by atoms with Gasteiger partial charge in [-0.3, -0.25) is 9.59 Å². The summed E-state index contributed by atoms with van der Waals surface area (Å²) in [5, 5.41) is 3.87. The van der Waals surface area contributed by atoms with Gasteiger partial charge in [0.1, 0.15) is 5.75 Å². The van der Waals surface area contributed by atoms with Crippen LogP contribution >= 0.6 is 23.2 Å². The van der Waals surface area contributed by atoms with Crippen molar-refractivity contribution >= 4 is 35.0 Å². The Kier molecular flexibility index (Phi) is 8.00. The maximum Gasteiger partial charge on any atom is 0.253 e. The number of amides is 2. The lowest BCUT2D eigenvalue weighted by atomic mass is 10.0. The number of rotatable bonds is 7. The van der Waals surface area contributed by atoms with E-state index in [1.807, 2.05) is 31.2 Å². The number of halogens is 2. The van der Waals surface area contributed by atoms with E-state index in [4.69, 9.17) is 27.9 Å². The van der Waals surface area contributed by atoms with Crippen LogP contribution in [0, 0.1) is 6.92 Å². The minimum absolute atomic E-state index is 0.0248. The van der Waals surface area contributed by atoms with E-state index < -0.39 is 0 Å². The molecule has 2 aromatic rings. The molecule has 1 aliphatic rings. The number of ether oxygens (including phenoxy) is 1. The molecule has 0 aliphatic carbocycles. The van der Waals surface area contributed by atoms with Gasteiger partial charge in [0.05, 0.1) is 16.7 Å². The van der Waals surface area contributed by atoms with Crippen molar-refractivity contribution in [3.05, 3.63) is 63.6 Å². The molecule has 0 atom stereocenters. The van der Waals surface area contributed by atoms with E-state index in [1.165, 1.54) is 5.56 Å². The SMILES string of the molecule is Cc1ccc(OCCCC(=O)NC2CCN(C(=O)c3ccc(Cl)c(Cl)c3)CC2)cc1. The van der Waals surface area contributed by atoms with Crippen LogP contribution in [0.5, 0.6) is 5.75 Å². The van der Waals surface area contributed by atoms with Crippen molar-refractivity contribution in [3.63, 3.8) is 0 Å². The lowest BCUT2D eigenvalue weighted by molar-refractivity contribution is -0.122. The predicted octanol–water partition coefficient (Wildman–Crippen LogP) is 4.88. The Morgan fingerprint density at radius 3 is 2.43 bits per heavy atom. The average molecular weight is 449 g/mol. The highest BCUT2D eigenvalue weighted by Gasteiger charge is 2.24. The zero-order valence-electron chi connectivity index (χ0n) is 17.0. The lowest BCUT2D eigenvalue weighted by Crippen LogP contribution is -2.46. The summed E-state index contributed by atoms with van der Waals surface area (Å²) in [6, 6.07) is 12.9. The molecular formula is C23H26Cl2N2O3. The van der Waals surface area contributed by atoms with Gasteiger partial charge in [-0.05, 0) is 56.5 Å². The van der Waals surface area contributed by atoms with Gasteiger partial charge in [0.25, 0.3) is 5.91 Å². The van der Waals surface area contributed by atoms with Gasteiger partial charge in [0.15, 0.2) is 0 Å². The van der Waals surface area contributed by atoms with Gasteiger partial charge in [0.2, 0.25) is 5.91 Å². The van der Waals surface area contributed by atoms with Crippen molar-refractivity contribution < 1.29 is 14.3 Å². The van der Waals surface area contributed by atoms with Gasteiger partial charge in [-0.15, -0.1) is 0 Å². The normalized spacial score (nSPS) is 14.4. The molecule has 2 amide bonds. The van der Waals surface area contributed by atoms with Crippen LogP contribution in [0.3, 0.4) is 0 Å². The van der Waals surface area contributed by atoms with Gasteiger partial charge in [-0.1, -0.05) is 40.9 Å². The molecule has 1 N–H and O–H groups in total. The maximum atomic E-state index is 12.6. The first kappa shape index (κ1) is 22.4. The van der Waals surface area contributed by atoms with Crippen molar-refractivity contribution in [1.29, 1.82) is 0 Å². The molecule has 2 aromatic carbocycles. The van der Waals surface area contributed by atoms with E-state index in [-0.39, 0.29) is 17.9 Å². The highest BCUT2D eigenvalue weighted by molar-refractivity contribution is 6.42. The van der Waals surface area contributed by atoms with Crippen molar-refractivity contribution in [2.45, 2.75) is 38.6 Å². The molecule has 1 saturated heterocycles. The number of carbonyl (C=O) groups is 2. The zero-order chi connectivity index (χ0) is 21.5. The van der Waals surface area contributed by atoms with Crippen molar-refractivity contribution in [1.82, 2.24) is 10.2 Å². The van der Waals surface area contributed by atoms with E-state index >= 15 is 0 Å². The Morgan fingerprint density at radius 2 is 1.77 bits per heavy atom. The molecule has 30 heavy (non-hydrogen) atoms. The third-order valence-corrected chi connectivity index (χ3v) is 5.89. The number of nitrogens with zero attached hydrogens (tertiary/aromatic N) is 1. The number of aryl methyl sites for hydroxylation is 1. The molecule has 160 valence electrons. The Balaban J connectivity index is 1.35. The minimum atomic E-state index is -0.0633. The third kappa shape index (κ3) is 6.38. The first-order chi connectivity index (χ1) is 14.4. The maximum absolute atomic E-state index is 12.6. The summed E-state index contributed by atoms with van der Waals surface area (Å²) in [6.07, 6.45) is 2.56. The summed E-state index contributed by atoms with van der Waals surface area (Å²) in [5.41, 5.74) is 1.71. The smallest absolute Gasteiger partial charge is 0.253 e. The van der Waals surface area contributed by atoms with Gasteiger partial charge in [-0.2, -0.15) is 0 Å².